The summed E-state index contributed by atoms with van der Waals surface area (Å²) in [6, 6.07) is 0. The summed E-state index contributed by atoms with van der Waals surface area (Å²) >= 11 is 0. The van der Waals surface area contributed by atoms with Crippen LogP contribution < -0.4 is 11.5 Å². The Balaban J connectivity index is 0. The summed E-state index contributed by atoms with van der Waals surface area (Å²) in [5.41, 5.74) is 9.81. The van der Waals surface area contributed by atoms with Crippen molar-refractivity contribution in [3.05, 3.63) is 0 Å². The van der Waals surface area contributed by atoms with Crippen LogP contribution in [-0.2, 0) is 0 Å². The molecule has 3 heteroatoms. The molecule has 0 saturated carbocycles. The molecule has 0 rings (SSSR count). The summed E-state index contributed by atoms with van der Waals surface area (Å²) in [6.07, 6.45) is 0. The Morgan fingerprint density at radius 3 is 1.20 bits per heavy atom. The zero-order chi connectivity index (χ0) is 3.41. The molecule has 0 unspecified atom stereocenters. The van der Waals surface area contributed by atoms with Gasteiger partial charge in [-0.25, -0.2) is 0 Å². The number of hydrogen-bond acceptors (Lipinski definition) is 2. The standard InChI is InChI=1S/C2H8N2.Be.2H/c3-1-2-4;;;/h1-4H2;;;. The molecule has 4 N–H and O–H groups in total. The molecular weight excluding hydrogens is 61.0 g/mol. The fourth-order valence-electron chi connectivity index (χ4n) is 0. The fraction of sp³-hybridized carbons (Fsp3) is 1.00. The second kappa shape index (κ2) is 8.94. The van der Waals surface area contributed by atoms with Crippen molar-refractivity contribution in [1.82, 2.24) is 0 Å². The predicted molar refractivity (Wildman–Crippen MR) is 26.7 cm³/mol. The first-order chi connectivity index (χ1) is 1.91. The van der Waals surface area contributed by atoms with E-state index >= 15 is 0 Å². The zero-order valence-corrected chi connectivity index (χ0v) is 2.57. The van der Waals surface area contributed by atoms with Crippen molar-refractivity contribution in [3.63, 3.8) is 0 Å². The van der Waals surface area contributed by atoms with Crippen molar-refractivity contribution in [3.8, 4) is 0 Å². The summed E-state index contributed by atoms with van der Waals surface area (Å²) in [5.74, 6) is 0. The van der Waals surface area contributed by atoms with E-state index in [-0.39, 0.29) is 10.1 Å². The van der Waals surface area contributed by atoms with Crippen molar-refractivity contribution in [1.29, 1.82) is 0 Å². The molecular formula is C2H10BeN2. The molecule has 0 aliphatic heterocycles. The quantitative estimate of drug-likeness (QED) is 0.351. The summed E-state index contributed by atoms with van der Waals surface area (Å²) in [6.45, 7) is 1.19. The molecule has 0 aliphatic carbocycles. The normalized spacial score (nSPS) is 6.00. The third kappa shape index (κ3) is 15.0. The van der Waals surface area contributed by atoms with Crippen molar-refractivity contribution in [2.45, 2.75) is 0 Å². The molecule has 2 nitrogen and oxygen atoms in total. The molecule has 0 saturated heterocycles. The second-order valence-corrected chi connectivity index (χ2v) is 0.577. The first kappa shape index (κ1) is 8.92. The van der Waals surface area contributed by atoms with E-state index in [1.54, 1.807) is 0 Å². The summed E-state index contributed by atoms with van der Waals surface area (Å²) in [5, 5.41) is 0. The van der Waals surface area contributed by atoms with Gasteiger partial charge >= 0.3 is 10.1 Å². The van der Waals surface area contributed by atoms with Gasteiger partial charge in [0.1, 0.15) is 0 Å². The average molecular weight is 71.1 g/mol. The molecule has 0 aromatic carbocycles. The molecule has 0 fully saturated rings. The molecule has 0 amide bonds. The van der Waals surface area contributed by atoms with Crippen LogP contribution in [0.5, 0.6) is 0 Å². The van der Waals surface area contributed by atoms with Gasteiger partial charge in [0.25, 0.3) is 0 Å². The average Bonchev–Trinajstić information content (AvgIpc) is 1.37. The topological polar surface area (TPSA) is 52.0 Å². The number of nitrogens with two attached hydrogens (primary N) is 2. The first-order valence-corrected chi connectivity index (χ1v) is 1.32. The molecule has 0 spiro atoms. The molecule has 0 bridgehead atoms. The van der Waals surface area contributed by atoms with Crippen molar-refractivity contribution in [2.75, 3.05) is 13.1 Å². The fourth-order valence-corrected chi connectivity index (χ4v) is 0. The van der Waals surface area contributed by atoms with Crippen LogP contribution in [0.3, 0.4) is 0 Å². The summed E-state index contributed by atoms with van der Waals surface area (Å²) < 4.78 is 0. The van der Waals surface area contributed by atoms with Crippen molar-refractivity contribution >= 4 is 10.1 Å². The molecule has 0 heterocycles. The van der Waals surface area contributed by atoms with E-state index in [1.807, 2.05) is 0 Å². The van der Waals surface area contributed by atoms with Crippen LogP contribution in [0.4, 0.5) is 0 Å². The van der Waals surface area contributed by atoms with Crippen LogP contribution in [0, 0.1) is 0 Å². The monoisotopic (exact) mass is 71.1 g/mol. The number of hydrogen-bond donors (Lipinski definition) is 2. The predicted octanol–water partition coefficient (Wildman–Crippen LogP) is -2.01. The maximum atomic E-state index is 4.90. The Labute approximate surface area is 35.7 Å². The van der Waals surface area contributed by atoms with Gasteiger partial charge in [-0.15, -0.1) is 0 Å². The molecule has 5 heavy (non-hydrogen) atoms. The van der Waals surface area contributed by atoms with E-state index in [4.69, 9.17) is 11.5 Å². The Morgan fingerprint density at radius 1 is 1.00 bits per heavy atom. The van der Waals surface area contributed by atoms with E-state index in [9.17, 15) is 0 Å². The molecule has 0 aliphatic rings. The minimum atomic E-state index is 0. The molecule has 30 valence electrons. The van der Waals surface area contributed by atoms with Crippen LogP contribution in [-0.4, -0.2) is 23.2 Å². The Hall–Kier alpha value is 0.0888. The zero-order valence-electron chi connectivity index (χ0n) is 2.57. The van der Waals surface area contributed by atoms with Gasteiger partial charge in [-0.1, -0.05) is 0 Å². The van der Waals surface area contributed by atoms with Gasteiger partial charge in [0.15, 0.2) is 0 Å². The van der Waals surface area contributed by atoms with Gasteiger partial charge < -0.3 is 11.5 Å². The Morgan fingerprint density at radius 2 is 1.20 bits per heavy atom. The first-order valence-electron chi connectivity index (χ1n) is 1.32. The SMILES string of the molecule is NCCN.[BeH2]. The van der Waals surface area contributed by atoms with E-state index in [0.29, 0.717) is 13.1 Å². The van der Waals surface area contributed by atoms with Gasteiger partial charge in [0, 0.05) is 13.1 Å². The number of rotatable bonds is 1. The maximum absolute atomic E-state index is 4.90. The minimum absolute atomic E-state index is 0. The van der Waals surface area contributed by atoms with Crippen LogP contribution in [0.2, 0.25) is 0 Å². The van der Waals surface area contributed by atoms with Crippen LogP contribution >= 0.6 is 0 Å². The summed E-state index contributed by atoms with van der Waals surface area (Å²) in [7, 11) is 0. The van der Waals surface area contributed by atoms with E-state index in [1.165, 1.54) is 0 Å². The van der Waals surface area contributed by atoms with E-state index in [0.717, 1.165) is 0 Å². The second-order valence-electron chi connectivity index (χ2n) is 0.577. The molecule has 0 radical (unpaired) electrons. The molecule has 0 aromatic heterocycles. The Kier molecular flexibility index (Phi) is 15.9. The van der Waals surface area contributed by atoms with Crippen LogP contribution in [0.15, 0.2) is 0 Å². The van der Waals surface area contributed by atoms with Crippen LogP contribution in [0.25, 0.3) is 0 Å². The van der Waals surface area contributed by atoms with Gasteiger partial charge in [0.05, 0.1) is 0 Å². The van der Waals surface area contributed by atoms with Gasteiger partial charge in [-0.05, 0) is 0 Å². The van der Waals surface area contributed by atoms with Gasteiger partial charge in [0.2, 0.25) is 0 Å². The third-order valence-corrected chi connectivity index (χ3v) is 0.167. The van der Waals surface area contributed by atoms with Crippen LogP contribution in [0.1, 0.15) is 0 Å². The molecule has 0 aromatic rings. The van der Waals surface area contributed by atoms with Crippen molar-refractivity contribution in [2.24, 2.45) is 11.5 Å². The third-order valence-electron chi connectivity index (χ3n) is 0.167. The van der Waals surface area contributed by atoms with Gasteiger partial charge in [-0.2, -0.15) is 0 Å². The van der Waals surface area contributed by atoms with Gasteiger partial charge in [-0.3, -0.25) is 0 Å². The summed E-state index contributed by atoms with van der Waals surface area (Å²) in [4.78, 5) is 0. The Bertz CT molecular complexity index is 9.61. The van der Waals surface area contributed by atoms with E-state index < -0.39 is 0 Å². The molecule has 0 atom stereocenters. The van der Waals surface area contributed by atoms with Crippen molar-refractivity contribution < 1.29 is 0 Å². The van der Waals surface area contributed by atoms with E-state index in [2.05, 4.69) is 0 Å².